The van der Waals surface area contributed by atoms with Crippen molar-refractivity contribution in [2.45, 2.75) is 126 Å². The van der Waals surface area contributed by atoms with Gasteiger partial charge >= 0.3 is 11.9 Å². The number of carboxylic acid groups (broad SMARTS) is 1. The Morgan fingerprint density at radius 2 is 1.56 bits per heavy atom. The first-order valence-electron chi connectivity index (χ1n) is 14.6. The molecule has 1 N–H and O–H groups in total. The van der Waals surface area contributed by atoms with Gasteiger partial charge in [-0.3, -0.25) is 9.59 Å². The molecule has 5 rings (SSSR count). The first-order valence-corrected chi connectivity index (χ1v) is 14.6. The van der Waals surface area contributed by atoms with Crippen LogP contribution < -0.4 is 0 Å². The van der Waals surface area contributed by atoms with Gasteiger partial charge in [0.15, 0.2) is 0 Å². The molecule has 0 bridgehead atoms. The molecule has 8 atom stereocenters. The number of carbonyl (C=O) groups is 2. The van der Waals surface area contributed by atoms with E-state index in [9.17, 15) is 14.7 Å². The molecule has 4 saturated carbocycles. The molecule has 0 radical (unpaired) electrons. The number of rotatable bonds is 2. The molecule has 4 heteroatoms. The van der Waals surface area contributed by atoms with Crippen molar-refractivity contribution in [2.75, 3.05) is 0 Å². The Hall–Kier alpha value is -1.32. The second-order valence-electron chi connectivity index (χ2n) is 15.6. The van der Waals surface area contributed by atoms with E-state index in [1.807, 2.05) is 0 Å². The van der Waals surface area contributed by atoms with Gasteiger partial charge in [-0.15, -0.1) is 0 Å². The number of ether oxygens (including phenoxy) is 1. The molecule has 0 aromatic rings. The van der Waals surface area contributed by atoms with Crippen molar-refractivity contribution in [3.05, 3.63) is 11.6 Å². The van der Waals surface area contributed by atoms with Crippen LogP contribution in [0.25, 0.3) is 0 Å². The number of fused-ring (bicyclic) bond motifs is 7. The van der Waals surface area contributed by atoms with E-state index in [0.29, 0.717) is 11.8 Å². The van der Waals surface area contributed by atoms with Gasteiger partial charge in [-0.1, -0.05) is 60.1 Å². The maximum Gasteiger partial charge on any atom is 0.310 e. The number of carboxylic acids is 1. The Balaban J connectivity index is 1.55. The molecule has 4 nitrogen and oxygen atoms in total. The Labute approximate surface area is 219 Å². The van der Waals surface area contributed by atoms with Crippen LogP contribution in [-0.2, 0) is 14.3 Å². The molecule has 0 spiro atoms. The van der Waals surface area contributed by atoms with Crippen molar-refractivity contribution in [1.29, 1.82) is 0 Å². The van der Waals surface area contributed by atoms with Gasteiger partial charge in [0.2, 0.25) is 0 Å². The first-order chi connectivity index (χ1) is 16.5. The first kappa shape index (κ1) is 26.3. The molecule has 0 heterocycles. The SMILES string of the molecule is CC(=O)OC1CC[C@@]2(C)C(CC[C@]3(C)C2CC=C2C4CC(C)(C)CC[C@]4(C(=O)O)CC[C@]23C)C1(C)C. The van der Waals surface area contributed by atoms with Crippen LogP contribution in [0.1, 0.15) is 120 Å². The molecule has 5 aliphatic rings. The average molecular weight is 499 g/mol. The zero-order valence-electron chi connectivity index (χ0n) is 24.1. The van der Waals surface area contributed by atoms with Gasteiger partial charge in [-0.25, -0.2) is 0 Å². The molecule has 0 amide bonds. The van der Waals surface area contributed by atoms with Crippen LogP contribution >= 0.6 is 0 Å². The second-order valence-corrected chi connectivity index (χ2v) is 15.6. The van der Waals surface area contributed by atoms with Crippen LogP contribution in [0.15, 0.2) is 11.6 Å². The summed E-state index contributed by atoms with van der Waals surface area (Å²) in [6.45, 7) is 18.5. The maximum atomic E-state index is 12.8. The van der Waals surface area contributed by atoms with Crippen LogP contribution in [0, 0.1) is 50.2 Å². The second kappa shape index (κ2) is 7.85. The summed E-state index contributed by atoms with van der Waals surface area (Å²) in [4.78, 5) is 24.7. The molecule has 36 heavy (non-hydrogen) atoms. The van der Waals surface area contributed by atoms with Crippen molar-refractivity contribution in [2.24, 2.45) is 50.2 Å². The predicted octanol–water partition coefficient (Wildman–Crippen LogP) is 7.80. The lowest BCUT2D eigenvalue weighted by Crippen LogP contribution is -2.65. The van der Waals surface area contributed by atoms with E-state index < -0.39 is 11.4 Å². The third-order valence-electron chi connectivity index (χ3n) is 13.3. The summed E-state index contributed by atoms with van der Waals surface area (Å²) in [5.74, 6) is 0.546. The monoisotopic (exact) mass is 498 g/mol. The van der Waals surface area contributed by atoms with E-state index in [1.165, 1.54) is 12.0 Å². The minimum absolute atomic E-state index is 0.00181. The Morgan fingerprint density at radius 3 is 2.19 bits per heavy atom. The number of hydrogen-bond donors (Lipinski definition) is 1. The number of carbonyl (C=O) groups excluding carboxylic acids is 1. The molecule has 0 aromatic carbocycles. The van der Waals surface area contributed by atoms with Crippen LogP contribution in [0.4, 0.5) is 0 Å². The average Bonchev–Trinajstić information content (AvgIpc) is 2.75. The largest absolute Gasteiger partial charge is 0.481 e. The van der Waals surface area contributed by atoms with Crippen molar-refractivity contribution < 1.29 is 19.4 Å². The van der Waals surface area contributed by atoms with Crippen molar-refractivity contribution in [1.82, 2.24) is 0 Å². The molecule has 0 saturated heterocycles. The van der Waals surface area contributed by atoms with Crippen LogP contribution in [0.2, 0.25) is 0 Å². The summed E-state index contributed by atoms with van der Waals surface area (Å²) in [6, 6.07) is 0. The molecule has 4 fully saturated rings. The summed E-state index contributed by atoms with van der Waals surface area (Å²) in [5.41, 5.74) is 1.50. The minimum atomic E-state index is -0.574. The highest BCUT2D eigenvalue weighted by molar-refractivity contribution is 5.76. The van der Waals surface area contributed by atoms with E-state index in [1.54, 1.807) is 6.92 Å². The van der Waals surface area contributed by atoms with E-state index in [4.69, 9.17) is 4.74 Å². The Morgan fingerprint density at radius 1 is 0.889 bits per heavy atom. The Kier molecular flexibility index (Phi) is 5.74. The zero-order chi connectivity index (χ0) is 26.5. The van der Waals surface area contributed by atoms with Gasteiger partial charge in [-0.2, -0.15) is 0 Å². The fraction of sp³-hybridized carbons (Fsp3) is 0.875. The third kappa shape index (κ3) is 3.30. The molecular formula is C32H50O4. The van der Waals surface area contributed by atoms with E-state index in [-0.39, 0.29) is 45.1 Å². The summed E-state index contributed by atoms with van der Waals surface area (Å²) in [6.07, 6.45) is 12.6. The fourth-order valence-corrected chi connectivity index (χ4v) is 11.0. The number of hydrogen-bond acceptors (Lipinski definition) is 3. The van der Waals surface area contributed by atoms with E-state index in [0.717, 1.165) is 57.8 Å². The predicted molar refractivity (Wildman–Crippen MR) is 142 cm³/mol. The highest BCUT2D eigenvalue weighted by atomic mass is 16.5. The quantitative estimate of drug-likeness (QED) is 0.311. The summed E-state index contributed by atoms with van der Waals surface area (Å²) >= 11 is 0. The van der Waals surface area contributed by atoms with Crippen LogP contribution in [0.3, 0.4) is 0 Å². The maximum absolute atomic E-state index is 12.8. The van der Waals surface area contributed by atoms with Gasteiger partial charge < -0.3 is 9.84 Å². The highest BCUT2D eigenvalue weighted by Crippen LogP contribution is 2.75. The lowest BCUT2D eigenvalue weighted by molar-refractivity contribution is -0.213. The molecule has 5 aliphatic carbocycles. The standard InChI is InChI=1S/C32H50O4/c1-20(33)36-25-12-13-29(6)23(28(25,4)5)11-14-31(8)24(29)10-9-21-22-19-27(2,3)15-17-32(22,26(34)35)18-16-30(21,31)7/h9,22-25H,10-19H2,1-8H3,(H,34,35)/t22?,23?,24?,25?,29-,30+,31+,32-/m0/s1. The summed E-state index contributed by atoms with van der Waals surface area (Å²) in [5, 5.41) is 10.5. The van der Waals surface area contributed by atoms with Gasteiger partial charge in [0.25, 0.3) is 0 Å². The lowest BCUT2D eigenvalue weighted by Gasteiger charge is -2.71. The van der Waals surface area contributed by atoms with Crippen LogP contribution in [-0.4, -0.2) is 23.1 Å². The summed E-state index contributed by atoms with van der Waals surface area (Å²) < 4.78 is 5.87. The zero-order valence-corrected chi connectivity index (χ0v) is 24.1. The molecule has 0 aliphatic heterocycles. The number of esters is 1. The fourth-order valence-electron chi connectivity index (χ4n) is 11.0. The third-order valence-corrected chi connectivity index (χ3v) is 13.3. The minimum Gasteiger partial charge on any atom is -0.481 e. The molecule has 0 aromatic heterocycles. The lowest BCUT2D eigenvalue weighted by atomic mass is 9.33. The highest BCUT2D eigenvalue weighted by Gasteiger charge is 2.69. The molecule has 4 unspecified atom stereocenters. The normalized spacial score (nSPS) is 48.8. The van der Waals surface area contributed by atoms with Crippen molar-refractivity contribution in [3.63, 3.8) is 0 Å². The van der Waals surface area contributed by atoms with Gasteiger partial charge in [0.1, 0.15) is 6.10 Å². The van der Waals surface area contributed by atoms with Gasteiger partial charge in [0, 0.05) is 12.3 Å². The van der Waals surface area contributed by atoms with E-state index in [2.05, 4.69) is 54.5 Å². The van der Waals surface area contributed by atoms with Crippen LogP contribution in [0.5, 0.6) is 0 Å². The summed E-state index contributed by atoms with van der Waals surface area (Å²) in [7, 11) is 0. The number of aliphatic carboxylic acids is 1. The molecule has 202 valence electrons. The van der Waals surface area contributed by atoms with E-state index >= 15 is 0 Å². The van der Waals surface area contributed by atoms with Crippen molar-refractivity contribution in [3.8, 4) is 0 Å². The smallest absolute Gasteiger partial charge is 0.310 e. The molecular weight excluding hydrogens is 448 g/mol. The van der Waals surface area contributed by atoms with Crippen molar-refractivity contribution >= 4 is 11.9 Å². The Bertz CT molecular complexity index is 992. The number of allylic oxidation sites excluding steroid dienone is 2. The van der Waals surface area contributed by atoms with Gasteiger partial charge in [-0.05, 0) is 104 Å². The topological polar surface area (TPSA) is 63.6 Å². The van der Waals surface area contributed by atoms with Gasteiger partial charge in [0.05, 0.1) is 5.41 Å².